The summed E-state index contributed by atoms with van der Waals surface area (Å²) in [6.07, 6.45) is 4.91. The Hall–Kier alpha value is -1.10. The molecule has 0 aliphatic heterocycles. The smallest absolute Gasteiger partial charge is 0.155 e. The van der Waals surface area contributed by atoms with Crippen LogP contribution in [-0.4, -0.2) is 5.78 Å². The number of carbonyl (C=O) groups is 1. The first-order chi connectivity index (χ1) is 4.81. The molecular weight excluding hydrogens is 126 g/mol. The Morgan fingerprint density at radius 3 is 2.90 bits per heavy atom. The van der Waals surface area contributed by atoms with E-state index < -0.39 is 0 Å². The summed E-state index contributed by atoms with van der Waals surface area (Å²) in [4.78, 5) is 10.7. The molecule has 10 heavy (non-hydrogen) atoms. The number of rotatable bonds is 4. The van der Waals surface area contributed by atoms with Crippen LogP contribution in [0.15, 0.2) is 12.2 Å². The molecule has 0 bridgehead atoms. The zero-order valence-corrected chi connectivity index (χ0v) is 6.13. The van der Waals surface area contributed by atoms with E-state index in [0.29, 0.717) is 19.3 Å². The van der Waals surface area contributed by atoms with Crippen LogP contribution in [0.25, 0.3) is 0 Å². The Morgan fingerprint density at radius 1 is 1.70 bits per heavy atom. The Labute approximate surface area is 61.2 Å². The molecule has 0 rings (SSSR count). The van der Waals surface area contributed by atoms with Crippen molar-refractivity contribution in [3.05, 3.63) is 12.2 Å². The quantitative estimate of drug-likeness (QED) is 0.438. The van der Waals surface area contributed by atoms with Crippen LogP contribution in [0.3, 0.4) is 0 Å². The molecule has 0 saturated heterocycles. The molecule has 0 unspecified atom stereocenters. The van der Waals surface area contributed by atoms with Crippen LogP contribution in [0.1, 0.15) is 26.2 Å². The summed E-state index contributed by atoms with van der Waals surface area (Å²) in [6, 6.07) is 1.99. The maximum Gasteiger partial charge on any atom is 0.155 e. The molecule has 0 heterocycles. The van der Waals surface area contributed by atoms with Crippen molar-refractivity contribution in [2.45, 2.75) is 26.2 Å². The summed E-state index contributed by atoms with van der Waals surface area (Å²) in [7, 11) is 0. The predicted molar refractivity (Wildman–Crippen MR) is 39.3 cm³/mol. The van der Waals surface area contributed by atoms with Crippen LogP contribution in [0.4, 0.5) is 0 Å². The highest BCUT2D eigenvalue weighted by molar-refractivity contribution is 5.89. The number of nitriles is 1. The van der Waals surface area contributed by atoms with E-state index in [1.807, 2.05) is 13.0 Å². The number of ketones is 1. The molecule has 2 nitrogen and oxygen atoms in total. The van der Waals surface area contributed by atoms with Gasteiger partial charge in [0.1, 0.15) is 0 Å². The van der Waals surface area contributed by atoms with Crippen LogP contribution in [0, 0.1) is 11.3 Å². The maximum atomic E-state index is 10.7. The number of carbonyl (C=O) groups excluding carboxylic acids is 1. The van der Waals surface area contributed by atoms with Gasteiger partial charge in [-0.2, -0.15) is 5.26 Å². The van der Waals surface area contributed by atoms with Crippen molar-refractivity contribution < 1.29 is 4.79 Å². The number of hydrogen-bond donors (Lipinski definition) is 0. The molecule has 2 heteroatoms. The molecule has 54 valence electrons. The molecule has 0 aliphatic carbocycles. The third-order valence-electron chi connectivity index (χ3n) is 1.06. The van der Waals surface area contributed by atoms with Crippen molar-refractivity contribution >= 4 is 5.78 Å². The van der Waals surface area contributed by atoms with Crippen molar-refractivity contribution in [2.75, 3.05) is 0 Å². The second kappa shape index (κ2) is 6.03. The Balaban J connectivity index is 3.33. The largest absolute Gasteiger partial charge is 0.295 e. The van der Waals surface area contributed by atoms with E-state index in [-0.39, 0.29) is 5.78 Å². The van der Waals surface area contributed by atoms with Crippen molar-refractivity contribution in [3.63, 3.8) is 0 Å². The third-order valence-corrected chi connectivity index (χ3v) is 1.06. The van der Waals surface area contributed by atoms with Gasteiger partial charge in [-0.05, 0) is 19.4 Å². The number of unbranched alkanes of at least 4 members (excludes halogenated alkanes) is 1. The first kappa shape index (κ1) is 8.90. The number of allylic oxidation sites excluding steroid dienone is 2. The molecule has 0 radical (unpaired) electrons. The SMILES string of the molecule is C/C=C/C(=O)CCCC#N. The second-order valence-electron chi connectivity index (χ2n) is 1.98. The summed E-state index contributed by atoms with van der Waals surface area (Å²) in [5, 5.41) is 8.13. The lowest BCUT2D eigenvalue weighted by molar-refractivity contribution is -0.114. The molecule has 0 aromatic carbocycles. The van der Waals surface area contributed by atoms with Crippen LogP contribution in [0.5, 0.6) is 0 Å². The second-order valence-corrected chi connectivity index (χ2v) is 1.98. The summed E-state index contributed by atoms with van der Waals surface area (Å²) in [5.41, 5.74) is 0. The van der Waals surface area contributed by atoms with Gasteiger partial charge >= 0.3 is 0 Å². The zero-order chi connectivity index (χ0) is 7.82. The third kappa shape index (κ3) is 5.04. The molecule has 0 aromatic heterocycles. The van der Waals surface area contributed by atoms with Crippen molar-refractivity contribution in [1.29, 1.82) is 5.26 Å². The van der Waals surface area contributed by atoms with Gasteiger partial charge in [0.25, 0.3) is 0 Å². The minimum absolute atomic E-state index is 0.109. The highest BCUT2D eigenvalue weighted by Crippen LogP contribution is 1.95. The van der Waals surface area contributed by atoms with Crippen molar-refractivity contribution in [1.82, 2.24) is 0 Å². The summed E-state index contributed by atoms with van der Waals surface area (Å²) >= 11 is 0. The first-order valence-corrected chi connectivity index (χ1v) is 3.33. The van der Waals surface area contributed by atoms with Gasteiger partial charge in [-0.1, -0.05) is 6.08 Å². The molecule has 0 spiro atoms. The lowest BCUT2D eigenvalue weighted by Gasteiger charge is -1.88. The van der Waals surface area contributed by atoms with Crippen molar-refractivity contribution in [3.8, 4) is 6.07 Å². The zero-order valence-electron chi connectivity index (χ0n) is 6.13. The lowest BCUT2D eigenvalue weighted by Crippen LogP contribution is -1.90. The highest BCUT2D eigenvalue weighted by Gasteiger charge is 1.93. The van der Waals surface area contributed by atoms with Gasteiger partial charge < -0.3 is 0 Å². The number of hydrogen-bond acceptors (Lipinski definition) is 2. The van der Waals surface area contributed by atoms with Gasteiger partial charge in [0, 0.05) is 12.8 Å². The first-order valence-electron chi connectivity index (χ1n) is 3.33. The predicted octanol–water partition coefficient (Wildman–Crippen LogP) is 1.83. The van der Waals surface area contributed by atoms with E-state index in [2.05, 4.69) is 0 Å². The molecule has 0 atom stereocenters. The fourth-order valence-corrected chi connectivity index (χ4v) is 0.611. The molecule has 0 amide bonds. The van der Waals surface area contributed by atoms with E-state index in [4.69, 9.17) is 5.26 Å². The van der Waals surface area contributed by atoms with E-state index in [9.17, 15) is 4.79 Å². The van der Waals surface area contributed by atoms with E-state index >= 15 is 0 Å². The monoisotopic (exact) mass is 137 g/mol. The normalized spacial score (nSPS) is 9.60. The average Bonchev–Trinajstić information content (AvgIpc) is 1.89. The Bertz CT molecular complexity index is 165. The van der Waals surface area contributed by atoms with E-state index in [0.717, 1.165) is 0 Å². The van der Waals surface area contributed by atoms with E-state index in [1.165, 1.54) is 6.08 Å². The van der Waals surface area contributed by atoms with Crippen LogP contribution in [0.2, 0.25) is 0 Å². The van der Waals surface area contributed by atoms with Crippen LogP contribution in [-0.2, 0) is 4.79 Å². The van der Waals surface area contributed by atoms with Gasteiger partial charge in [-0.15, -0.1) is 0 Å². The molecule has 0 aliphatic rings. The van der Waals surface area contributed by atoms with Gasteiger partial charge in [0.15, 0.2) is 5.78 Å². The summed E-state index contributed by atoms with van der Waals surface area (Å²) < 4.78 is 0. The van der Waals surface area contributed by atoms with Gasteiger partial charge in [-0.3, -0.25) is 4.79 Å². The highest BCUT2D eigenvalue weighted by atomic mass is 16.1. The molecular formula is C8H11NO. The van der Waals surface area contributed by atoms with Crippen LogP contribution < -0.4 is 0 Å². The standard InChI is InChI=1S/C8H11NO/c1-2-5-8(10)6-3-4-7-9/h2,5H,3-4,6H2,1H3/b5-2+. The van der Waals surface area contributed by atoms with Crippen LogP contribution >= 0.6 is 0 Å². The van der Waals surface area contributed by atoms with E-state index in [1.54, 1.807) is 6.08 Å². The summed E-state index contributed by atoms with van der Waals surface area (Å²) in [6.45, 7) is 1.81. The fourth-order valence-electron chi connectivity index (χ4n) is 0.611. The molecule has 0 aromatic rings. The fraction of sp³-hybridized carbons (Fsp3) is 0.500. The van der Waals surface area contributed by atoms with Gasteiger partial charge in [0.2, 0.25) is 0 Å². The maximum absolute atomic E-state index is 10.7. The summed E-state index contributed by atoms with van der Waals surface area (Å²) in [5.74, 6) is 0.109. The number of nitrogens with zero attached hydrogens (tertiary/aromatic N) is 1. The van der Waals surface area contributed by atoms with Gasteiger partial charge in [0.05, 0.1) is 6.07 Å². The molecule has 0 fully saturated rings. The average molecular weight is 137 g/mol. The Kier molecular flexibility index (Phi) is 5.36. The molecule has 0 saturated carbocycles. The lowest BCUT2D eigenvalue weighted by atomic mass is 10.2. The van der Waals surface area contributed by atoms with Gasteiger partial charge in [-0.25, -0.2) is 0 Å². The molecule has 0 N–H and O–H groups in total. The van der Waals surface area contributed by atoms with Crippen molar-refractivity contribution in [2.24, 2.45) is 0 Å². The Morgan fingerprint density at radius 2 is 2.40 bits per heavy atom. The topological polar surface area (TPSA) is 40.9 Å². The minimum Gasteiger partial charge on any atom is -0.295 e. The minimum atomic E-state index is 0.109.